The van der Waals surface area contributed by atoms with Gasteiger partial charge in [-0.15, -0.1) is 0 Å². The summed E-state index contributed by atoms with van der Waals surface area (Å²) in [5, 5.41) is 0. The van der Waals surface area contributed by atoms with Crippen LogP contribution in [0, 0.1) is 0 Å². The fourth-order valence-corrected chi connectivity index (χ4v) is 2.59. The molecule has 0 aromatic heterocycles. The van der Waals surface area contributed by atoms with Gasteiger partial charge in [-0.25, -0.2) is 0 Å². The van der Waals surface area contributed by atoms with Crippen molar-refractivity contribution in [1.82, 2.24) is 0 Å². The molecule has 1 fully saturated rings. The fraction of sp³-hybridized carbons (Fsp3) is 1.00. The SMILES string of the molecule is CCCCCCCCC1(CCC)OCCCO1. The molecule has 0 saturated carbocycles. The molecule has 0 atom stereocenters. The number of hydrogen-bond acceptors (Lipinski definition) is 2. The van der Waals surface area contributed by atoms with Crippen LogP contribution in [-0.2, 0) is 9.47 Å². The van der Waals surface area contributed by atoms with Gasteiger partial charge in [0.1, 0.15) is 0 Å². The number of rotatable bonds is 9. The molecular weight excluding hydrogens is 212 g/mol. The maximum atomic E-state index is 5.91. The van der Waals surface area contributed by atoms with Gasteiger partial charge in [0, 0.05) is 12.8 Å². The third kappa shape index (κ3) is 5.87. The van der Waals surface area contributed by atoms with Crippen LogP contribution >= 0.6 is 0 Å². The highest BCUT2D eigenvalue weighted by Crippen LogP contribution is 2.30. The molecule has 0 aromatic rings. The smallest absolute Gasteiger partial charge is 0.168 e. The topological polar surface area (TPSA) is 18.5 Å². The Hall–Kier alpha value is -0.0800. The summed E-state index contributed by atoms with van der Waals surface area (Å²) in [5.41, 5.74) is 0. The van der Waals surface area contributed by atoms with Crippen LogP contribution in [0.5, 0.6) is 0 Å². The van der Waals surface area contributed by atoms with Crippen molar-refractivity contribution in [2.45, 2.75) is 83.8 Å². The van der Waals surface area contributed by atoms with Crippen molar-refractivity contribution in [2.75, 3.05) is 13.2 Å². The maximum absolute atomic E-state index is 5.91. The van der Waals surface area contributed by atoms with E-state index in [-0.39, 0.29) is 5.79 Å². The standard InChI is InChI=1S/C15H30O2/c1-3-5-6-7-8-9-12-15(11-4-2)16-13-10-14-17-15/h3-14H2,1-2H3. The monoisotopic (exact) mass is 242 g/mol. The molecule has 0 aromatic carbocycles. The van der Waals surface area contributed by atoms with Crippen LogP contribution in [0.1, 0.15) is 78.1 Å². The van der Waals surface area contributed by atoms with Gasteiger partial charge < -0.3 is 9.47 Å². The minimum Gasteiger partial charge on any atom is -0.350 e. The van der Waals surface area contributed by atoms with Gasteiger partial charge in [-0.05, 0) is 12.8 Å². The van der Waals surface area contributed by atoms with E-state index in [1.165, 1.54) is 38.5 Å². The number of unbranched alkanes of at least 4 members (excludes halogenated alkanes) is 5. The molecule has 1 rings (SSSR count). The summed E-state index contributed by atoms with van der Waals surface area (Å²) in [6.45, 7) is 6.25. The van der Waals surface area contributed by atoms with Crippen molar-refractivity contribution >= 4 is 0 Å². The largest absolute Gasteiger partial charge is 0.350 e. The average molecular weight is 242 g/mol. The molecule has 0 unspecified atom stereocenters. The van der Waals surface area contributed by atoms with Crippen LogP contribution in [0.2, 0.25) is 0 Å². The summed E-state index contributed by atoms with van der Waals surface area (Å²) >= 11 is 0. The number of ether oxygens (including phenoxy) is 2. The first-order chi connectivity index (χ1) is 8.33. The molecule has 0 aliphatic carbocycles. The molecule has 1 aliphatic rings. The van der Waals surface area contributed by atoms with E-state index in [1.807, 2.05) is 0 Å². The Labute approximate surface area is 107 Å². The zero-order chi connectivity index (χ0) is 12.4. The van der Waals surface area contributed by atoms with E-state index >= 15 is 0 Å². The lowest BCUT2D eigenvalue weighted by molar-refractivity contribution is -0.274. The molecule has 2 nitrogen and oxygen atoms in total. The normalized spacial score (nSPS) is 19.4. The molecule has 1 saturated heterocycles. The fourth-order valence-electron chi connectivity index (χ4n) is 2.59. The van der Waals surface area contributed by atoms with Gasteiger partial charge in [-0.1, -0.05) is 52.4 Å². The zero-order valence-corrected chi connectivity index (χ0v) is 11.8. The van der Waals surface area contributed by atoms with Gasteiger partial charge >= 0.3 is 0 Å². The van der Waals surface area contributed by atoms with Crippen molar-refractivity contribution in [3.63, 3.8) is 0 Å². The first-order valence-corrected chi connectivity index (χ1v) is 7.61. The zero-order valence-electron chi connectivity index (χ0n) is 11.8. The lowest BCUT2D eigenvalue weighted by Gasteiger charge is -2.37. The molecule has 102 valence electrons. The molecular formula is C15H30O2. The second-order valence-electron chi connectivity index (χ2n) is 5.23. The van der Waals surface area contributed by atoms with E-state index in [2.05, 4.69) is 13.8 Å². The van der Waals surface area contributed by atoms with Gasteiger partial charge in [0.25, 0.3) is 0 Å². The molecule has 0 bridgehead atoms. The Bertz CT molecular complexity index is 168. The Morgan fingerprint density at radius 3 is 2.06 bits per heavy atom. The number of hydrogen-bond donors (Lipinski definition) is 0. The highest BCUT2D eigenvalue weighted by atomic mass is 16.7. The van der Waals surface area contributed by atoms with Crippen LogP contribution < -0.4 is 0 Å². The van der Waals surface area contributed by atoms with Crippen LogP contribution in [0.4, 0.5) is 0 Å². The Kier molecular flexibility index (Phi) is 7.87. The van der Waals surface area contributed by atoms with Crippen molar-refractivity contribution < 1.29 is 9.47 Å². The van der Waals surface area contributed by atoms with E-state index in [4.69, 9.17) is 9.47 Å². The lowest BCUT2D eigenvalue weighted by atomic mass is 10.0. The van der Waals surface area contributed by atoms with Gasteiger partial charge in [-0.3, -0.25) is 0 Å². The molecule has 0 amide bonds. The van der Waals surface area contributed by atoms with Crippen molar-refractivity contribution in [1.29, 1.82) is 0 Å². The van der Waals surface area contributed by atoms with Gasteiger partial charge in [0.2, 0.25) is 0 Å². The van der Waals surface area contributed by atoms with E-state index in [0.717, 1.165) is 38.9 Å². The van der Waals surface area contributed by atoms with Gasteiger partial charge in [0.05, 0.1) is 13.2 Å². The minimum absolute atomic E-state index is 0.224. The Morgan fingerprint density at radius 1 is 0.765 bits per heavy atom. The molecule has 0 N–H and O–H groups in total. The van der Waals surface area contributed by atoms with Crippen LogP contribution in [0.25, 0.3) is 0 Å². The van der Waals surface area contributed by atoms with Crippen molar-refractivity contribution in [2.24, 2.45) is 0 Å². The molecule has 0 radical (unpaired) electrons. The second-order valence-corrected chi connectivity index (χ2v) is 5.23. The van der Waals surface area contributed by atoms with Gasteiger partial charge in [0.15, 0.2) is 5.79 Å². The third-order valence-electron chi connectivity index (χ3n) is 3.56. The first-order valence-electron chi connectivity index (χ1n) is 7.61. The molecule has 1 heterocycles. The summed E-state index contributed by atoms with van der Waals surface area (Å²) in [6.07, 6.45) is 12.4. The van der Waals surface area contributed by atoms with Gasteiger partial charge in [-0.2, -0.15) is 0 Å². The predicted octanol–water partition coefficient (Wildman–Crippen LogP) is 4.67. The molecule has 0 spiro atoms. The van der Waals surface area contributed by atoms with E-state index in [0.29, 0.717) is 0 Å². The van der Waals surface area contributed by atoms with E-state index in [9.17, 15) is 0 Å². The summed E-state index contributed by atoms with van der Waals surface area (Å²) < 4.78 is 11.8. The maximum Gasteiger partial charge on any atom is 0.168 e. The molecule has 17 heavy (non-hydrogen) atoms. The van der Waals surface area contributed by atoms with Crippen molar-refractivity contribution in [3.05, 3.63) is 0 Å². The first kappa shape index (κ1) is 15.0. The average Bonchev–Trinajstić information content (AvgIpc) is 2.35. The van der Waals surface area contributed by atoms with Crippen LogP contribution in [-0.4, -0.2) is 19.0 Å². The van der Waals surface area contributed by atoms with E-state index < -0.39 is 0 Å². The quantitative estimate of drug-likeness (QED) is 0.547. The van der Waals surface area contributed by atoms with Crippen molar-refractivity contribution in [3.8, 4) is 0 Å². The van der Waals surface area contributed by atoms with Crippen LogP contribution in [0.3, 0.4) is 0 Å². The van der Waals surface area contributed by atoms with Crippen LogP contribution in [0.15, 0.2) is 0 Å². The summed E-state index contributed by atoms with van der Waals surface area (Å²) in [6, 6.07) is 0. The molecule has 2 heteroatoms. The summed E-state index contributed by atoms with van der Waals surface area (Å²) in [5.74, 6) is -0.224. The summed E-state index contributed by atoms with van der Waals surface area (Å²) in [7, 11) is 0. The lowest BCUT2D eigenvalue weighted by Crippen LogP contribution is -2.40. The Morgan fingerprint density at radius 2 is 1.41 bits per heavy atom. The van der Waals surface area contributed by atoms with E-state index in [1.54, 1.807) is 0 Å². The Balaban J connectivity index is 2.15. The highest BCUT2D eigenvalue weighted by molar-refractivity contribution is 4.72. The third-order valence-corrected chi connectivity index (χ3v) is 3.56. The highest BCUT2D eigenvalue weighted by Gasteiger charge is 2.32. The molecule has 1 aliphatic heterocycles. The predicted molar refractivity (Wildman–Crippen MR) is 72.2 cm³/mol. The minimum atomic E-state index is -0.224. The summed E-state index contributed by atoms with van der Waals surface area (Å²) in [4.78, 5) is 0. The second kappa shape index (κ2) is 8.93.